The predicted octanol–water partition coefficient (Wildman–Crippen LogP) is 4.78. The molecule has 0 radical (unpaired) electrons. The first kappa shape index (κ1) is 21.9. The summed E-state index contributed by atoms with van der Waals surface area (Å²) in [5, 5.41) is 13.0. The molecule has 1 saturated heterocycles. The lowest BCUT2D eigenvalue weighted by molar-refractivity contribution is 0.0546. The summed E-state index contributed by atoms with van der Waals surface area (Å²) in [7, 11) is 0. The third-order valence-electron chi connectivity index (χ3n) is 5.83. The zero-order chi connectivity index (χ0) is 22.3. The summed E-state index contributed by atoms with van der Waals surface area (Å²) in [6.07, 6.45) is 1.03. The number of aliphatic hydroxyl groups excluding tert-OH is 1. The number of carbonyl (C=O) groups is 1. The lowest BCUT2D eigenvalue weighted by Crippen LogP contribution is -2.40. The lowest BCUT2D eigenvalue weighted by Gasteiger charge is -2.29. The Kier molecular flexibility index (Phi) is 7.07. The Bertz CT molecular complexity index is 1010. The van der Waals surface area contributed by atoms with E-state index in [1.54, 1.807) is 0 Å². The summed E-state index contributed by atoms with van der Waals surface area (Å²) in [6.45, 7) is 4.56. The molecule has 3 aromatic rings. The molecule has 2 N–H and O–H groups in total. The van der Waals surface area contributed by atoms with Gasteiger partial charge < -0.3 is 20.1 Å². The van der Waals surface area contributed by atoms with Crippen molar-refractivity contribution in [3.05, 3.63) is 95.1 Å². The predicted molar refractivity (Wildman–Crippen MR) is 127 cm³/mol. The van der Waals surface area contributed by atoms with Gasteiger partial charge in [-0.15, -0.1) is 0 Å². The minimum absolute atomic E-state index is 0.0321. The molecule has 0 bridgehead atoms. The van der Waals surface area contributed by atoms with Gasteiger partial charge in [-0.05, 0) is 67.3 Å². The number of nitrogens with zero attached hydrogens (tertiary/aromatic N) is 1. The fourth-order valence-corrected chi connectivity index (χ4v) is 3.74. The molecule has 1 fully saturated rings. The Morgan fingerprint density at radius 3 is 2.22 bits per heavy atom. The zero-order valence-electron chi connectivity index (χ0n) is 18.5. The third-order valence-corrected chi connectivity index (χ3v) is 5.83. The van der Waals surface area contributed by atoms with Crippen molar-refractivity contribution >= 4 is 11.6 Å². The van der Waals surface area contributed by atoms with E-state index in [0.717, 1.165) is 22.6 Å². The van der Waals surface area contributed by atoms with Gasteiger partial charge in [-0.25, -0.2) is 0 Å². The number of aliphatic hydroxyl groups is 1. The molecule has 0 spiro atoms. The van der Waals surface area contributed by atoms with Crippen molar-refractivity contribution in [1.29, 1.82) is 0 Å². The molecule has 0 atom stereocenters. The largest absolute Gasteiger partial charge is 0.489 e. The van der Waals surface area contributed by atoms with Gasteiger partial charge in [0.2, 0.25) is 0 Å². The highest BCUT2D eigenvalue weighted by Crippen LogP contribution is 2.18. The van der Waals surface area contributed by atoms with E-state index in [4.69, 9.17) is 4.74 Å². The molecular formula is C27H30N2O3. The molecule has 1 aliphatic rings. The monoisotopic (exact) mass is 430 g/mol. The summed E-state index contributed by atoms with van der Waals surface area (Å²) in [4.78, 5) is 14.4. The topological polar surface area (TPSA) is 61.8 Å². The van der Waals surface area contributed by atoms with Crippen LogP contribution >= 0.6 is 0 Å². The van der Waals surface area contributed by atoms with E-state index < -0.39 is 0 Å². The summed E-state index contributed by atoms with van der Waals surface area (Å²) >= 11 is 0. The highest BCUT2D eigenvalue weighted by molar-refractivity contribution is 5.94. The molecule has 1 amide bonds. The molecule has 4 rings (SSSR count). The number of ether oxygens (including phenoxy) is 1. The van der Waals surface area contributed by atoms with Crippen molar-refractivity contribution in [2.75, 3.05) is 18.4 Å². The Balaban J connectivity index is 1.25. The molecule has 5 heteroatoms. The first-order valence-corrected chi connectivity index (χ1v) is 11.2. The van der Waals surface area contributed by atoms with Gasteiger partial charge in [-0.3, -0.25) is 4.79 Å². The molecule has 1 aliphatic heterocycles. The molecule has 3 aromatic carbocycles. The van der Waals surface area contributed by atoms with Gasteiger partial charge in [0, 0.05) is 30.9 Å². The molecule has 166 valence electrons. The zero-order valence-corrected chi connectivity index (χ0v) is 18.5. The van der Waals surface area contributed by atoms with Crippen LogP contribution < -0.4 is 10.1 Å². The van der Waals surface area contributed by atoms with Crippen molar-refractivity contribution in [3.8, 4) is 5.75 Å². The van der Waals surface area contributed by atoms with Crippen molar-refractivity contribution in [2.24, 2.45) is 0 Å². The second-order valence-corrected chi connectivity index (χ2v) is 8.37. The summed E-state index contributed by atoms with van der Waals surface area (Å²) in [5.41, 5.74) is 5.20. The van der Waals surface area contributed by atoms with Crippen LogP contribution in [0.2, 0.25) is 0 Å². The highest BCUT2D eigenvalue weighted by atomic mass is 16.5. The second-order valence-electron chi connectivity index (χ2n) is 8.37. The maximum Gasteiger partial charge on any atom is 0.253 e. The average molecular weight is 431 g/mol. The quantitative estimate of drug-likeness (QED) is 0.566. The molecular weight excluding hydrogens is 400 g/mol. The summed E-state index contributed by atoms with van der Waals surface area (Å²) < 4.78 is 5.87. The first-order chi connectivity index (χ1) is 15.6. The van der Waals surface area contributed by atoms with Crippen LogP contribution in [-0.4, -0.2) is 35.1 Å². The van der Waals surface area contributed by atoms with Crippen LogP contribution in [0.25, 0.3) is 0 Å². The van der Waals surface area contributed by atoms with Gasteiger partial charge in [0.15, 0.2) is 0 Å². The number of likely N-dealkylation sites (tertiary alicyclic amines) is 1. The second kappa shape index (κ2) is 10.3. The van der Waals surface area contributed by atoms with Gasteiger partial charge in [-0.1, -0.05) is 42.0 Å². The minimum Gasteiger partial charge on any atom is -0.489 e. The summed E-state index contributed by atoms with van der Waals surface area (Å²) in [5.74, 6) is 0.882. The fraction of sp³-hybridized carbons (Fsp3) is 0.296. The smallest absolute Gasteiger partial charge is 0.253 e. The van der Waals surface area contributed by atoms with Crippen molar-refractivity contribution in [1.82, 2.24) is 4.90 Å². The van der Waals surface area contributed by atoms with Gasteiger partial charge in [0.25, 0.3) is 5.91 Å². The number of amides is 1. The number of nitrogens with one attached hydrogen (secondary N) is 1. The maximum absolute atomic E-state index is 12.6. The lowest BCUT2D eigenvalue weighted by atomic mass is 10.1. The van der Waals surface area contributed by atoms with Crippen LogP contribution in [0.4, 0.5) is 5.69 Å². The number of aryl methyl sites for hydroxylation is 1. The van der Waals surface area contributed by atoms with Crippen LogP contribution in [0.15, 0.2) is 72.8 Å². The fourth-order valence-electron chi connectivity index (χ4n) is 3.74. The number of piperidine rings is 1. The Morgan fingerprint density at radius 1 is 0.938 bits per heavy atom. The Morgan fingerprint density at radius 2 is 1.56 bits per heavy atom. The van der Waals surface area contributed by atoms with E-state index in [0.29, 0.717) is 44.6 Å². The van der Waals surface area contributed by atoms with Gasteiger partial charge >= 0.3 is 0 Å². The van der Waals surface area contributed by atoms with Crippen LogP contribution in [0, 0.1) is 6.92 Å². The van der Waals surface area contributed by atoms with E-state index in [1.807, 2.05) is 41.3 Å². The van der Waals surface area contributed by atoms with E-state index in [1.165, 1.54) is 5.56 Å². The number of carbonyl (C=O) groups excluding carboxylic acids is 1. The molecule has 32 heavy (non-hydrogen) atoms. The number of anilines is 1. The van der Waals surface area contributed by atoms with E-state index in [-0.39, 0.29) is 12.0 Å². The van der Waals surface area contributed by atoms with E-state index in [2.05, 4.69) is 48.6 Å². The SMILES string of the molecule is Cc1ccc(COc2ccc(CNc3ccc(C(=O)N4CCC(O)CC4)cc3)cc2)cc1. The summed E-state index contributed by atoms with van der Waals surface area (Å²) in [6, 6.07) is 24.0. The molecule has 0 aromatic heterocycles. The average Bonchev–Trinajstić information content (AvgIpc) is 2.83. The van der Waals surface area contributed by atoms with Crippen molar-refractivity contribution in [2.45, 2.75) is 39.0 Å². The highest BCUT2D eigenvalue weighted by Gasteiger charge is 2.22. The molecule has 1 heterocycles. The van der Waals surface area contributed by atoms with E-state index in [9.17, 15) is 9.90 Å². The maximum atomic E-state index is 12.6. The first-order valence-electron chi connectivity index (χ1n) is 11.2. The van der Waals surface area contributed by atoms with E-state index >= 15 is 0 Å². The molecule has 5 nitrogen and oxygen atoms in total. The normalized spacial score (nSPS) is 14.2. The standard InChI is InChI=1S/C27H30N2O3/c1-20-2-4-22(5-3-20)19-32-26-12-6-21(7-13-26)18-28-24-10-8-23(9-11-24)27(31)29-16-14-25(30)15-17-29/h2-13,25,28,30H,14-19H2,1H3. The van der Waals surface area contributed by atoms with Crippen LogP contribution in [0.5, 0.6) is 5.75 Å². The van der Waals surface area contributed by atoms with Crippen LogP contribution in [-0.2, 0) is 13.2 Å². The molecule has 0 unspecified atom stereocenters. The van der Waals surface area contributed by atoms with Gasteiger partial charge in [0.1, 0.15) is 12.4 Å². The third kappa shape index (κ3) is 5.89. The minimum atomic E-state index is -0.278. The number of benzene rings is 3. The van der Waals surface area contributed by atoms with Crippen molar-refractivity contribution in [3.63, 3.8) is 0 Å². The molecule has 0 saturated carbocycles. The van der Waals surface area contributed by atoms with Crippen LogP contribution in [0.3, 0.4) is 0 Å². The number of hydrogen-bond donors (Lipinski definition) is 2. The van der Waals surface area contributed by atoms with Gasteiger partial charge in [-0.2, -0.15) is 0 Å². The molecule has 0 aliphatic carbocycles. The van der Waals surface area contributed by atoms with Crippen molar-refractivity contribution < 1.29 is 14.6 Å². The number of hydrogen-bond acceptors (Lipinski definition) is 4. The Labute approximate surface area is 189 Å². The van der Waals surface area contributed by atoms with Gasteiger partial charge in [0.05, 0.1) is 6.10 Å². The van der Waals surface area contributed by atoms with Crippen LogP contribution in [0.1, 0.15) is 39.9 Å². The number of rotatable bonds is 7. The Hall–Kier alpha value is -3.31.